The van der Waals surface area contributed by atoms with Crippen LogP contribution in [0, 0.1) is 5.41 Å². The Morgan fingerprint density at radius 2 is 1.89 bits per heavy atom. The summed E-state index contributed by atoms with van der Waals surface area (Å²) in [5.41, 5.74) is 0.659. The molecule has 1 aromatic carbocycles. The van der Waals surface area contributed by atoms with E-state index in [0.717, 1.165) is 42.8 Å². The van der Waals surface area contributed by atoms with E-state index in [0.29, 0.717) is 13.1 Å². The molecule has 0 atom stereocenters. The molecule has 8 heteroatoms. The van der Waals surface area contributed by atoms with E-state index in [9.17, 15) is 4.79 Å². The molecule has 2 rings (SSSR count). The summed E-state index contributed by atoms with van der Waals surface area (Å²) in [7, 11) is 1.78. The Kier molecular flexibility index (Phi) is 9.66. The number of amides is 1. The van der Waals surface area contributed by atoms with Crippen molar-refractivity contribution in [3.63, 3.8) is 0 Å². The maximum absolute atomic E-state index is 12.1. The van der Waals surface area contributed by atoms with Crippen LogP contribution in [0.5, 0.6) is 0 Å². The highest BCUT2D eigenvalue weighted by molar-refractivity contribution is 14.0. The Hall–Kier alpha value is -1.22. The number of guanidine groups is 1. The van der Waals surface area contributed by atoms with Crippen LogP contribution in [0.25, 0.3) is 0 Å². The van der Waals surface area contributed by atoms with E-state index in [1.807, 2.05) is 39.0 Å². The lowest BCUT2D eigenvalue weighted by molar-refractivity contribution is -0.128. The van der Waals surface area contributed by atoms with Gasteiger partial charge in [-0.2, -0.15) is 0 Å². The van der Waals surface area contributed by atoms with Crippen LogP contribution in [-0.2, 0) is 4.79 Å². The molecule has 1 aromatic rings. The van der Waals surface area contributed by atoms with Crippen LogP contribution < -0.4 is 15.5 Å². The average molecular weight is 508 g/mol. The van der Waals surface area contributed by atoms with Gasteiger partial charge in [-0.15, -0.1) is 24.0 Å². The Morgan fingerprint density at radius 3 is 2.44 bits per heavy atom. The van der Waals surface area contributed by atoms with Gasteiger partial charge in [0.05, 0.1) is 5.41 Å². The highest BCUT2D eigenvalue weighted by Gasteiger charge is 2.28. The van der Waals surface area contributed by atoms with Crippen LogP contribution in [0.15, 0.2) is 29.3 Å². The topological polar surface area (TPSA) is 60.0 Å². The van der Waals surface area contributed by atoms with E-state index in [1.165, 1.54) is 0 Å². The number of aliphatic imine (C=N–C) groups is 1. The monoisotopic (exact) mass is 507 g/mol. The summed E-state index contributed by atoms with van der Waals surface area (Å²) >= 11 is 6.10. The predicted molar refractivity (Wildman–Crippen MR) is 124 cm³/mol. The highest BCUT2D eigenvalue weighted by atomic mass is 127. The largest absolute Gasteiger partial charge is 0.368 e. The maximum Gasteiger partial charge on any atom is 0.227 e. The van der Waals surface area contributed by atoms with Gasteiger partial charge in [-0.05, 0) is 39.0 Å². The smallest absolute Gasteiger partial charge is 0.227 e. The molecular weight excluding hydrogens is 477 g/mol. The van der Waals surface area contributed by atoms with Crippen molar-refractivity contribution in [2.24, 2.45) is 10.4 Å². The molecule has 0 aliphatic carbocycles. The number of nitrogens with zero attached hydrogens (tertiary/aromatic N) is 3. The second kappa shape index (κ2) is 10.9. The van der Waals surface area contributed by atoms with Crippen LogP contribution >= 0.6 is 35.6 Å². The molecule has 0 radical (unpaired) electrons. The van der Waals surface area contributed by atoms with Crippen LogP contribution in [-0.4, -0.2) is 63.1 Å². The number of carbonyl (C=O) groups excluding carboxylic acids is 1. The molecule has 1 amide bonds. The van der Waals surface area contributed by atoms with Crippen molar-refractivity contribution in [2.45, 2.75) is 20.8 Å². The van der Waals surface area contributed by atoms with Crippen molar-refractivity contribution in [3.8, 4) is 0 Å². The molecular formula is C19H31ClIN5O. The van der Waals surface area contributed by atoms with Crippen LogP contribution in [0.3, 0.4) is 0 Å². The van der Waals surface area contributed by atoms with E-state index < -0.39 is 5.41 Å². The molecule has 1 fully saturated rings. The molecule has 0 bridgehead atoms. The van der Waals surface area contributed by atoms with Gasteiger partial charge in [-0.3, -0.25) is 9.79 Å². The zero-order chi connectivity index (χ0) is 19.2. The third-order valence-corrected chi connectivity index (χ3v) is 4.84. The normalized spacial score (nSPS) is 15.2. The fourth-order valence-electron chi connectivity index (χ4n) is 2.96. The Balaban J connectivity index is 0.00000364. The predicted octanol–water partition coefficient (Wildman–Crippen LogP) is 2.82. The van der Waals surface area contributed by atoms with Crippen molar-refractivity contribution in [2.75, 3.05) is 51.2 Å². The van der Waals surface area contributed by atoms with Gasteiger partial charge < -0.3 is 20.4 Å². The quantitative estimate of drug-likeness (QED) is 0.366. The molecule has 27 heavy (non-hydrogen) atoms. The molecule has 1 heterocycles. The van der Waals surface area contributed by atoms with Crippen molar-refractivity contribution in [1.82, 2.24) is 15.5 Å². The zero-order valence-electron chi connectivity index (χ0n) is 16.6. The summed E-state index contributed by atoms with van der Waals surface area (Å²) in [4.78, 5) is 21.1. The van der Waals surface area contributed by atoms with E-state index in [1.54, 1.807) is 7.05 Å². The van der Waals surface area contributed by atoms with E-state index >= 15 is 0 Å². The van der Waals surface area contributed by atoms with Crippen LogP contribution in [0.2, 0.25) is 5.02 Å². The summed E-state index contributed by atoms with van der Waals surface area (Å²) < 4.78 is 0. The van der Waals surface area contributed by atoms with Gasteiger partial charge >= 0.3 is 0 Å². The summed E-state index contributed by atoms with van der Waals surface area (Å²) in [6.45, 7) is 10.5. The fraction of sp³-hybridized carbons (Fsp3) is 0.579. The van der Waals surface area contributed by atoms with Crippen molar-refractivity contribution >= 4 is 53.1 Å². The number of nitrogens with one attached hydrogen (secondary N) is 2. The van der Waals surface area contributed by atoms with Crippen molar-refractivity contribution < 1.29 is 4.79 Å². The second-order valence-electron chi connectivity index (χ2n) is 7.10. The van der Waals surface area contributed by atoms with Crippen LogP contribution in [0.1, 0.15) is 20.8 Å². The highest BCUT2D eigenvalue weighted by Crippen LogP contribution is 2.21. The fourth-order valence-corrected chi connectivity index (χ4v) is 3.15. The lowest BCUT2D eigenvalue weighted by Crippen LogP contribution is -2.54. The molecule has 2 N–H and O–H groups in total. The number of hydrogen-bond acceptors (Lipinski definition) is 3. The van der Waals surface area contributed by atoms with Gasteiger partial charge in [0, 0.05) is 57.0 Å². The van der Waals surface area contributed by atoms with Gasteiger partial charge in [-0.1, -0.05) is 17.7 Å². The average Bonchev–Trinajstić information content (AvgIpc) is 2.63. The number of halogens is 2. The summed E-state index contributed by atoms with van der Waals surface area (Å²) in [5, 5.41) is 7.00. The minimum atomic E-state index is -0.492. The first-order valence-electron chi connectivity index (χ1n) is 9.12. The second-order valence-corrected chi connectivity index (χ2v) is 7.53. The standard InChI is InChI=1S/C19H30ClN5O.HI/c1-5-22-17(26)19(2,3)14-23-18(21-4)25-11-9-24(10-12-25)16-8-6-7-15(20)13-16;/h6-8,13H,5,9-12,14H2,1-4H3,(H,21,23)(H,22,26);1H. The van der Waals surface area contributed by atoms with E-state index in [-0.39, 0.29) is 29.9 Å². The molecule has 6 nitrogen and oxygen atoms in total. The van der Waals surface area contributed by atoms with Crippen LogP contribution in [0.4, 0.5) is 5.69 Å². The van der Waals surface area contributed by atoms with Gasteiger partial charge in [0.1, 0.15) is 0 Å². The Bertz CT molecular complexity index is 645. The molecule has 0 aromatic heterocycles. The SMILES string of the molecule is CCNC(=O)C(C)(C)CNC(=NC)N1CCN(c2cccc(Cl)c2)CC1.I. The number of carbonyl (C=O) groups is 1. The first-order valence-corrected chi connectivity index (χ1v) is 9.49. The first-order chi connectivity index (χ1) is 12.4. The molecule has 0 saturated carbocycles. The first kappa shape index (κ1) is 23.8. The van der Waals surface area contributed by atoms with Gasteiger partial charge in [-0.25, -0.2) is 0 Å². The van der Waals surface area contributed by atoms with Crippen molar-refractivity contribution in [1.29, 1.82) is 0 Å². The molecule has 1 aliphatic heterocycles. The number of hydrogen-bond donors (Lipinski definition) is 2. The minimum Gasteiger partial charge on any atom is -0.368 e. The summed E-state index contributed by atoms with van der Waals surface area (Å²) in [6.07, 6.45) is 0. The molecule has 0 spiro atoms. The Morgan fingerprint density at radius 1 is 1.22 bits per heavy atom. The van der Waals surface area contributed by atoms with Gasteiger partial charge in [0.15, 0.2) is 5.96 Å². The number of anilines is 1. The van der Waals surface area contributed by atoms with Crippen molar-refractivity contribution in [3.05, 3.63) is 29.3 Å². The molecule has 152 valence electrons. The number of benzene rings is 1. The van der Waals surface area contributed by atoms with E-state index in [4.69, 9.17) is 11.6 Å². The van der Waals surface area contributed by atoms with E-state index in [2.05, 4.69) is 31.5 Å². The Labute approximate surface area is 184 Å². The molecule has 0 unspecified atom stereocenters. The summed E-state index contributed by atoms with van der Waals surface area (Å²) in [6, 6.07) is 7.96. The zero-order valence-corrected chi connectivity index (χ0v) is 19.7. The summed E-state index contributed by atoms with van der Waals surface area (Å²) in [5.74, 6) is 0.891. The number of piperazine rings is 1. The molecule has 1 saturated heterocycles. The lowest BCUT2D eigenvalue weighted by Gasteiger charge is -2.38. The maximum atomic E-state index is 12.1. The van der Waals surface area contributed by atoms with Gasteiger partial charge in [0.25, 0.3) is 0 Å². The number of rotatable bonds is 5. The minimum absolute atomic E-state index is 0. The third kappa shape index (κ3) is 6.71. The molecule has 1 aliphatic rings. The third-order valence-electron chi connectivity index (χ3n) is 4.60. The lowest BCUT2D eigenvalue weighted by atomic mass is 9.92. The van der Waals surface area contributed by atoms with Gasteiger partial charge in [0.2, 0.25) is 5.91 Å².